The number of hydrogen-bond donors (Lipinski definition) is 0. The molecule has 4 aromatic carbocycles. The molecule has 5 nitrogen and oxygen atoms in total. The van der Waals surface area contributed by atoms with Crippen molar-refractivity contribution in [3.8, 4) is 0 Å². The average Bonchev–Trinajstić information content (AvgIpc) is 3.53. The normalized spacial score (nSPS) is 16.4. The zero-order valence-corrected chi connectivity index (χ0v) is 45.7. The smallest absolute Gasteiger partial charge is 0.485 e. The molecule has 6 rings (SSSR count). The fourth-order valence-electron chi connectivity index (χ4n) is 8.63. The molecular formula is C55H78Co2F3N2O3S-. The molecular weight excluding hydrogens is 944 g/mol. The molecule has 0 unspecified atom stereocenters. The zero-order valence-electron chi connectivity index (χ0n) is 42.8. The van der Waals surface area contributed by atoms with Crippen LogP contribution in [0.1, 0.15) is 181 Å². The molecule has 0 bridgehead atoms. The molecule has 0 atom stereocenters. The summed E-state index contributed by atoms with van der Waals surface area (Å²) in [7, 11) is -6.09. The summed E-state index contributed by atoms with van der Waals surface area (Å²) in [6.45, 7) is 41.0. The van der Waals surface area contributed by atoms with Gasteiger partial charge in [0.05, 0.1) is 11.4 Å². The third-order valence-electron chi connectivity index (χ3n) is 11.1. The van der Waals surface area contributed by atoms with Crippen molar-refractivity contribution in [2.75, 3.05) is 0 Å². The van der Waals surface area contributed by atoms with Crippen LogP contribution in [-0.4, -0.2) is 51.1 Å². The summed E-state index contributed by atoms with van der Waals surface area (Å²) in [4.78, 5) is 0. The van der Waals surface area contributed by atoms with Crippen LogP contribution in [0.4, 0.5) is 24.5 Å². The first-order valence-electron chi connectivity index (χ1n) is 22.6. The zero-order chi connectivity index (χ0) is 49.2. The fraction of sp³-hybridized carbons (Fsp3) is 0.527. The van der Waals surface area contributed by atoms with Gasteiger partial charge in [-0.3, -0.25) is 0 Å². The van der Waals surface area contributed by atoms with Gasteiger partial charge in [0.2, 0.25) is 0 Å². The van der Waals surface area contributed by atoms with Crippen molar-refractivity contribution in [3.63, 3.8) is 0 Å². The van der Waals surface area contributed by atoms with E-state index in [9.17, 15) is 13.2 Å². The summed E-state index contributed by atoms with van der Waals surface area (Å²) in [6, 6.07) is 34.1. The van der Waals surface area contributed by atoms with E-state index in [2.05, 4.69) is 207 Å². The molecule has 66 heavy (non-hydrogen) atoms. The number of aryl methyl sites for hydroxylation is 2. The van der Waals surface area contributed by atoms with Crippen LogP contribution >= 0.6 is 0 Å². The quantitative estimate of drug-likeness (QED) is 0.0837. The molecule has 0 aromatic heterocycles. The second-order valence-corrected chi connectivity index (χ2v) is 22.4. The Morgan fingerprint density at radius 2 is 0.727 bits per heavy atom. The predicted molar refractivity (Wildman–Crippen MR) is 262 cm³/mol. The standard InChI is InChI=1S/2C20H31N.2C7H8.CHF3O3S.2Co/c2*1-14(2)16-10-9-11-17(15(3)4)18(16)21-13-19(5,6)12-20(21,7)8;2*1-7-5-3-2-4-6-7;2-1(3,4)8(5,6)7;;/h2*9-11,14-15H,12H2,1-8H3;2*2-6H,1H3;(H,5,6,7);;/p-1. The van der Waals surface area contributed by atoms with Crippen LogP contribution in [0.15, 0.2) is 97.1 Å². The first kappa shape index (κ1) is 62.9. The maximum absolute atomic E-state index is 10.7. The van der Waals surface area contributed by atoms with Gasteiger partial charge >= 0.3 is 5.51 Å². The first-order valence-corrected chi connectivity index (χ1v) is 24.0. The van der Waals surface area contributed by atoms with Crippen molar-refractivity contribution in [1.29, 1.82) is 0 Å². The molecule has 4 aromatic rings. The molecule has 0 spiro atoms. The Bertz CT molecular complexity index is 2090. The molecule has 372 valence electrons. The van der Waals surface area contributed by atoms with Gasteiger partial charge in [0.15, 0.2) is 10.1 Å². The molecule has 0 N–H and O–H groups in total. The summed E-state index contributed by atoms with van der Waals surface area (Å²) in [5, 5.41) is 0. The molecule has 0 saturated heterocycles. The van der Waals surface area contributed by atoms with E-state index in [4.69, 9.17) is 13.0 Å². The number of benzene rings is 4. The number of rotatable bonds is 6. The Morgan fingerprint density at radius 3 is 0.864 bits per heavy atom. The molecule has 2 aliphatic rings. The molecule has 11 heteroatoms. The molecule has 2 heterocycles. The van der Waals surface area contributed by atoms with Gasteiger partial charge in [-0.2, -0.15) is 13.2 Å². The Hall–Kier alpha value is -3.07. The van der Waals surface area contributed by atoms with Crippen molar-refractivity contribution in [3.05, 3.63) is 130 Å². The van der Waals surface area contributed by atoms with E-state index in [1.165, 1.54) is 44.8 Å². The van der Waals surface area contributed by atoms with Gasteiger partial charge in [-0.1, -0.05) is 214 Å². The molecule has 0 fully saturated rings. The van der Waals surface area contributed by atoms with E-state index in [1.54, 1.807) is 0 Å². The summed E-state index contributed by atoms with van der Waals surface area (Å²) in [6.07, 6.45) is 9.81. The van der Waals surface area contributed by atoms with E-state index in [-0.39, 0.29) is 55.5 Å². The van der Waals surface area contributed by atoms with Gasteiger partial charge in [0, 0.05) is 58.8 Å². The topological polar surface area (TPSA) is 63.2 Å². The maximum atomic E-state index is 10.7. The molecule has 0 saturated carbocycles. The summed E-state index contributed by atoms with van der Waals surface area (Å²) in [5.41, 5.74) is 6.10. The van der Waals surface area contributed by atoms with Crippen LogP contribution in [0.3, 0.4) is 0 Å². The van der Waals surface area contributed by atoms with Crippen LogP contribution in [0.25, 0.3) is 0 Å². The minimum absolute atomic E-state index is 0. The Kier molecular flexibility index (Phi) is 24.3. The number of para-hydroxylation sites is 2. The SMILES string of the molecule is CC(C)c1cccc(C(C)C)c1[N+]1=[C-]C(C)(C)CC1(C)C.CC(C)c1cccc(C(C)C)c1[N+]1=[C-]C(C)(C)CC1(C)C.Cc1ccccc1.Cc1ccccc1.O=S(=O)([O-])C(F)(F)F.[Co].[Co]. The van der Waals surface area contributed by atoms with Crippen molar-refractivity contribution in [2.45, 2.75) is 178 Å². The van der Waals surface area contributed by atoms with Gasteiger partial charge in [0.1, 0.15) is 11.1 Å². The fourth-order valence-corrected chi connectivity index (χ4v) is 8.63. The van der Waals surface area contributed by atoms with Crippen LogP contribution in [0.5, 0.6) is 0 Å². The Balaban J connectivity index is 0.000000868. The van der Waals surface area contributed by atoms with E-state index in [1.807, 2.05) is 36.4 Å². The average molecular weight is 1020 g/mol. The van der Waals surface area contributed by atoms with Gasteiger partial charge in [-0.05, 0) is 76.0 Å². The monoisotopic (exact) mass is 1020 g/mol. The van der Waals surface area contributed by atoms with Crippen molar-refractivity contribution >= 4 is 33.9 Å². The summed E-state index contributed by atoms with van der Waals surface area (Å²) >= 11 is 0. The first-order chi connectivity index (χ1) is 29.1. The second-order valence-electron chi connectivity index (χ2n) is 21.0. The second kappa shape index (κ2) is 25.5. The number of nitrogens with zero attached hydrogens (tertiary/aromatic N) is 2. The van der Waals surface area contributed by atoms with Crippen LogP contribution < -0.4 is 0 Å². The number of halogens is 3. The summed E-state index contributed by atoms with van der Waals surface area (Å²) in [5.74, 6) is 2.11. The number of hydrogen-bond acceptors (Lipinski definition) is 3. The van der Waals surface area contributed by atoms with Gasteiger partial charge in [0.25, 0.3) is 0 Å². The summed E-state index contributed by atoms with van der Waals surface area (Å²) < 4.78 is 63.8. The van der Waals surface area contributed by atoms with Crippen LogP contribution in [-0.2, 0) is 43.7 Å². The van der Waals surface area contributed by atoms with Crippen LogP contribution in [0, 0.1) is 24.7 Å². The molecule has 2 radical (unpaired) electrons. The number of alkyl halides is 3. The Morgan fingerprint density at radius 1 is 0.500 bits per heavy atom. The van der Waals surface area contributed by atoms with Gasteiger partial charge in [-0.25, -0.2) is 8.42 Å². The molecule has 0 aliphatic carbocycles. The third-order valence-corrected chi connectivity index (χ3v) is 11.7. The van der Waals surface area contributed by atoms with Crippen molar-refractivity contribution in [2.24, 2.45) is 10.8 Å². The van der Waals surface area contributed by atoms with Crippen molar-refractivity contribution < 1.29 is 68.9 Å². The van der Waals surface area contributed by atoms with E-state index in [0.29, 0.717) is 23.7 Å². The predicted octanol–water partition coefficient (Wildman–Crippen LogP) is 15.5. The van der Waals surface area contributed by atoms with E-state index < -0.39 is 15.6 Å². The van der Waals surface area contributed by atoms with Crippen LogP contribution in [0.2, 0.25) is 0 Å². The third kappa shape index (κ3) is 18.8. The molecule has 2 aliphatic heterocycles. The minimum atomic E-state index is -6.09. The van der Waals surface area contributed by atoms with Crippen molar-refractivity contribution in [1.82, 2.24) is 0 Å². The minimum Gasteiger partial charge on any atom is -0.741 e. The van der Waals surface area contributed by atoms with E-state index in [0.717, 1.165) is 12.8 Å². The maximum Gasteiger partial charge on any atom is 0.485 e. The largest absolute Gasteiger partial charge is 0.741 e. The van der Waals surface area contributed by atoms with Gasteiger partial charge in [-0.15, -0.1) is 0 Å². The molecule has 0 amide bonds. The Labute approximate surface area is 419 Å². The van der Waals surface area contributed by atoms with Gasteiger partial charge < -0.3 is 13.7 Å². The van der Waals surface area contributed by atoms with E-state index >= 15 is 0 Å².